The van der Waals surface area contributed by atoms with Gasteiger partial charge in [-0.2, -0.15) is 0 Å². The van der Waals surface area contributed by atoms with E-state index < -0.39 is 29.6 Å². The van der Waals surface area contributed by atoms with Gasteiger partial charge in [-0.3, -0.25) is 9.59 Å². The summed E-state index contributed by atoms with van der Waals surface area (Å²) in [7, 11) is 1.41. The molecule has 0 rings (SSSR count). The zero-order valence-electron chi connectivity index (χ0n) is 10.4. The van der Waals surface area contributed by atoms with Crippen LogP contribution in [0.5, 0.6) is 0 Å². The van der Waals surface area contributed by atoms with Gasteiger partial charge in [0.2, 0.25) is 0 Å². The third-order valence-corrected chi connectivity index (χ3v) is 2.06. The number of esters is 1. The van der Waals surface area contributed by atoms with E-state index >= 15 is 0 Å². The molecule has 0 unspecified atom stereocenters. The van der Waals surface area contributed by atoms with Crippen LogP contribution in [-0.4, -0.2) is 35.9 Å². The van der Waals surface area contributed by atoms with Gasteiger partial charge in [-0.05, 0) is 27.7 Å². The molecule has 0 aromatic heterocycles. The third-order valence-electron chi connectivity index (χ3n) is 2.06. The Morgan fingerprint density at radius 3 is 2.12 bits per heavy atom. The van der Waals surface area contributed by atoms with Crippen molar-refractivity contribution < 1.29 is 24.2 Å². The van der Waals surface area contributed by atoms with Crippen LogP contribution in [0.3, 0.4) is 0 Å². The largest absolute Gasteiger partial charge is 0.481 e. The van der Waals surface area contributed by atoms with E-state index in [2.05, 4.69) is 0 Å². The Labute approximate surface area is 95.7 Å². The molecule has 5 nitrogen and oxygen atoms in total. The number of aliphatic carboxylic acids is 1. The van der Waals surface area contributed by atoms with Crippen LogP contribution in [0.4, 0.5) is 0 Å². The smallest absolute Gasteiger partial charge is 0.309 e. The maximum atomic E-state index is 11.5. The molecule has 2 atom stereocenters. The molecule has 0 saturated carbocycles. The van der Waals surface area contributed by atoms with Gasteiger partial charge in [0.1, 0.15) is 5.60 Å². The molecule has 0 fully saturated rings. The van der Waals surface area contributed by atoms with Crippen molar-refractivity contribution in [3.63, 3.8) is 0 Å². The molecule has 0 heterocycles. The number of hydrogen-bond acceptors (Lipinski definition) is 4. The number of carbonyl (C=O) groups excluding carboxylic acids is 1. The van der Waals surface area contributed by atoms with E-state index in [1.807, 2.05) is 0 Å². The molecule has 0 amide bonds. The van der Waals surface area contributed by atoms with Crippen LogP contribution < -0.4 is 0 Å². The van der Waals surface area contributed by atoms with E-state index in [9.17, 15) is 9.59 Å². The molecule has 0 aromatic rings. The molecule has 1 N–H and O–H groups in total. The second-order valence-corrected chi connectivity index (χ2v) is 4.68. The highest BCUT2D eigenvalue weighted by Crippen LogP contribution is 2.16. The topological polar surface area (TPSA) is 72.8 Å². The van der Waals surface area contributed by atoms with Crippen LogP contribution in [0.1, 0.15) is 34.1 Å². The Kier molecular flexibility index (Phi) is 5.44. The van der Waals surface area contributed by atoms with Gasteiger partial charge in [0.25, 0.3) is 0 Å². The van der Waals surface area contributed by atoms with Crippen molar-refractivity contribution in [3.05, 3.63) is 0 Å². The van der Waals surface area contributed by atoms with E-state index in [4.69, 9.17) is 14.6 Å². The maximum Gasteiger partial charge on any atom is 0.309 e. The molecule has 16 heavy (non-hydrogen) atoms. The van der Waals surface area contributed by atoms with Crippen molar-refractivity contribution in [2.45, 2.75) is 45.8 Å². The molecule has 0 aliphatic heterocycles. The average Bonchev–Trinajstić information content (AvgIpc) is 2.09. The van der Waals surface area contributed by atoms with Crippen LogP contribution in [-0.2, 0) is 19.1 Å². The van der Waals surface area contributed by atoms with E-state index in [-0.39, 0.29) is 6.42 Å². The summed E-state index contributed by atoms with van der Waals surface area (Å²) in [5.41, 5.74) is -0.601. The number of carboxylic acids is 1. The molecule has 94 valence electrons. The van der Waals surface area contributed by atoms with E-state index in [0.717, 1.165) is 0 Å². The molecule has 0 radical (unpaired) electrons. The van der Waals surface area contributed by atoms with Gasteiger partial charge in [0.05, 0.1) is 18.4 Å². The Bertz CT molecular complexity index is 254. The number of methoxy groups -OCH3 is 1. The first-order valence-corrected chi connectivity index (χ1v) is 5.15. The van der Waals surface area contributed by atoms with Gasteiger partial charge in [-0.1, -0.05) is 0 Å². The van der Waals surface area contributed by atoms with Crippen molar-refractivity contribution in [1.82, 2.24) is 0 Å². The first kappa shape index (κ1) is 14.9. The first-order valence-electron chi connectivity index (χ1n) is 5.15. The highest BCUT2D eigenvalue weighted by atomic mass is 16.6. The minimum atomic E-state index is -1.06. The normalized spacial score (nSPS) is 15.3. The standard InChI is InChI=1S/C11H20O5/c1-7(15-5)8(10(13)14)6-9(12)16-11(2,3)4/h7-8H,6H2,1-5H3,(H,13,14)/t7-,8+/m1/s1. The minimum Gasteiger partial charge on any atom is -0.481 e. The van der Waals surface area contributed by atoms with Crippen LogP contribution in [0.15, 0.2) is 0 Å². The summed E-state index contributed by atoms with van der Waals surface area (Å²) in [6, 6.07) is 0. The maximum absolute atomic E-state index is 11.5. The highest BCUT2D eigenvalue weighted by molar-refractivity contribution is 5.79. The zero-order valence-corrected chi connectivity index (χ0v) is 10.4. The molecule has 0 spiro atoms. The number of ether oxygens (including phenoxy) is 2. The summed E-state index contributed by atoms with van der Waals surface area (Å²) in [5.74, 6) is -2.45. The van der Waals surface area contributed by atoms with Crippen molar-refractivity contribution >= 4 is 11.9 Å². The summed E-state index contributed by atoms with van der Waals surface area (Å²) in [4.78, 5) is 22.4. The monoisotopic (exact) mass is 232 g/mol. The van der Waals surface area contributed by atoms with Crippen molar-refractivity contribution in [3.8, 4) is 0 Å². The van der Waals surface area contributed by atoms with Crippen molar-refractivity contribution in [2.75, 3.05) is 7.11 Å². The summed E-state index contributed by atoms with van der Waals surface area (Å²) >= 11 is 0. The van der Waals surface area contributed by atoms with Crippen LogP contribution in [0.2, 0.25) is 0 Å². The minimum absolute atomic E-state index is 0.179. The molecular formula is C11H20O5. The molecule has 5 heteroatoms. The fraction of sp³-hybridized carbons (Fsp3) is 0.818. The quantitative estimate of drug-likeness (QED) is 0.726. The van der Waals surface area contributed by atoms with Gasteiger partial charge >= 0.3 is 11.9 Å². The van der Waals surface area contributed by atoms with Gasteiger partial charge in [0, 0.05) is 7.11 Å². The Balaban J connectivity index is 4.42. The third kappa shape index (κ3) is 5.70. The van der Waals surface area contributed by atoms with E-state index in [0.29, 0.717) is 0 Å². The predicted molar refractivity (Wildman–Crippen MR) is 58.1 cm³/mol. The summed E-state index contributed by atoms with van der Waals surface area (Å²) in [6.45, 7) is 6.82. The predicted octanol–water partition coefficient (Wildman–Crippen LogP) is 1.45. The lowest BCUT2D eigenvalue weighted by Crippen LogP contribution is -2.32. The lowest BCUT2D eigenvalue weighted by atomic mass is 10.00. The molecule has 0 aromatic carbocycles. The Hall–Kier alpha value is -1.10. The molecule has 0 aliphatic carbocycles. The van der Waals surface area contributed by atoms with Gasteiger partial charge < -0.3 is 14.6 Å². The molecule has 0 bridgehead atoms. The van der Waals surface area contributed by atoms with Gasteiger partial charge in [-0.15, -0.1) is 0 Å². The molecule has 0 aliphatic rings. The fourth-order valence-electron chi connectivity index (χ4n) is 1.18. The SMILES string of the molecule is CO[C@H](C)[C@H](CC(=O)OC(C)(C)C)C(=O)O. The average molecular weight is 232 g/mol. The molecular weight excluding hydrogens is 212 g/mol. The summed E-state index contributed by atoms with van der Waals surface area (Å²) in [5, 5.41) is 8.93. The number of rotatable bonds is 5. The zero-order chi connectivity index (χ0) is 12.9. The van der Waals surface area contributed by atoms with Crippen LogP contribution in [0.25, 0.3) is 0 Å². The van der Waals surface area contributed by atoms with E-state index in [1.165, 1.54) is 7.11 Å². The highest BCUT2D eigenvalue weighted by Gasteiger charge is 2.29. The fourth-order valence-corrected chi connectivity index (χ4v) is 1.18. The lowest BCUT2D eigenvalue weighted by molar-refractivity contribution is -0.162. The number of carboxylic acid groups (broad SMARTS) is 1. The summed E-state index contributed by atoms with van der Waals surface area (Å²) < 4.78 is 9.97. The van der Waals surface area contributed by atoms with Crippen LogP contribution >= 0.6 is 0 Å². The number of carbonyl (C=O) groups is 2. The number of hydrogen-bond donors (Lipinski definition) is 1. The van der Waals surface area contributed by atoms with Crippen LogP contribution in [0, 0.1) is 5.92 Å². The van der Waals surface area contributed by atoms with Crippen molar-refractivity contribution in [2.24, 2.45) is 5.92 Å². The lowest BCUT2D eigenvalue weighted by Gasteiger charge is -2.22. The summed E-state index contributed by atoms with van der Waals surface area (Å²) in [6.07, 6.45) is -0.702. The molecule has 0 saturated heterocycles. The van der Waals surface area contributed by atoms with Crippen molar-refractivity contribution in [1.29, 1.82) is 0 Å². The van der Waals surface area contributed by atoms with E-state index in [1.54, 1.807) is 27.7 Å². The van der Waals surface area contributed by atoms with Gasteiger partial charge in [-0.25, -0.2) is 0 Å². The van der Waals surface area contributed by atoms with Gasteiger partial charge in [0.15, 0.2) is 0 Å². The first-order chi connectivity index (χ1) is 7.17. The second kappa shape index (κ2) is 5.84. The Morgan fingerprint density at radius 1 is 1.31 bits per heavy atom. The Morgan fingerprint density at radius 2 is 1.81 bits per heavy atom. The second-order valence-electron chi connectivity index (χ2n) is 4.68.